The fourth-order valence-electron chi connectivity index (χ4n) is 7.51. The number of hydrogen-bond donors (Lipinski definition) is 3. The van der Waals surface area contributed by atoms with Gasteiger partial charge in [0, 0.05) is 6.42 Å². The summed E-state index contributed by atoms with van der Waals surface area (Å²) in [5.74, 6) is -0.498. The molecule has 0 radical (unpaired) electrons. The van der Waals surface area contributed by atoms with E-state index in [2.05, 4.69) is 74.7 Å². The van der Waals surface area contributed by atoms with Crippen molar-refractivity contribution in [1.82, 2.24) is 5.32 Å². The van der Waals surface area contributed by atoms with Gasteiger partial charge in [-0.15, -0.1) is 0 Å². The zero-order valence-corrected chi connectivity index (χ0v) is 39.1. The third kappa shape index (κ3) is 42.3. The summed E-state index contributed by atoms with van der Waals surface area (Å²) in [6.07, 6.45) is 55.9. The van der Waals surface area contributed by atoms with Crippen molar-refractivity contribution in [3.05, 3.63) is 48.6 Å². The molecular formula is C53H97NO5. The number of allylic oxidation sites excluding steroid dienone is 8. The molecule has 0 bridgehead atoms. The Morgan fingerprint density at radius 1 is 0.508 bits per heavy atom. The molecule has 0 spiro atoms. The van der Waals surface area contributed by atoms with Gasteiger partial charge in [-0.05, 0) is 83.5 Å². The molecule has 0 heterocycles. The van der Waals surface area contributed by atoms with Gasteiger partial charge in [-0.1, -0.05) is 204 Å². The SMILES string of the molecule is CCCCC/C=C\C/C=C\CCCCCCCC(CC(=O)NC(CO)C(O)CCCCCCCCCCCC)OC(=O)CCCCCCCC/C=C/C=C/CCCCC. The van der Waals surface area contributed by atoms with Crippen molar-refractivity contribution >= 4 is 11.9 Å². The minimum Gasteiger partial charge on any atom is -0.462 e. The van der Waals surface area contributed by atoms with E-state index in [0.717, 1.165) is 77.0 Å². The molecule has 0 aliphatic carbocycles. The van der Waals surface area contributed by atoms with Crippen LogP contribution in [0.3, 0.4) is 0 Å². The number of amides is 1. The number of carbonyl (C=O) groups is 2. The molecule has 3 N–H and O–H groups in total. The molecule has 6 nitrogen and oxygen atoms in total. The lowest BCUT2D eigenvalue weighted by atomic mass is 10.0. The maximum atomic E-state index is 13.2. The third-order valence-corrected chi connectivity index (χ3v) is 11.4. The summed E-state index contributed by atoms with van der Waals surface area (Å²) >= 11 is 0. The van der Waals surface area contributed by atoms with E-state index in [1.807, 2.05) is 0 Å². The quantitative estimate of drug-likeness (QED) is 0.0246. The lowest BCUT2D eigenvalue weighted by Crippen LogP contribution is -2.46. The summed E-state index contributed by atoms with van der Waals surface area (Å²) in [6.45, 7) is 6.41. The fraction of sp³-hybridized carbons (Fsp3) is 0.811. The lowest BCUT2D eigenvalue weighted by molar-refractivity contribution is -0.151. The number of ether oxygens (including phenoxy) is 1. The predicted molar refractivity (Wildman–Crippen MR) is 255 cm³/mol. The van der Waals surface area contributed by atoms with Crippen LogP contribution in [0.15, 0.2) is 48.6 Å². The minimum absolute atomic E-state index is 0.0636. The monoisotopic (exact) mass is 828 g/mol. The largest absolute Gasteiger partial charge is 0.462 e. The number of aliphatic hydroxyl groups excluding tert-OH is 2. The van der Waals surface area contributed by atoms with Crippen LogP contribution in [0.4, 0.5) is 0 Å². The summed E-state index contributed by atoms with van der Waals surface area (Å²) in [6, 6.07) is -0.707. The van der Waals surface area contributed by atoms with Crippen LogP contribution < -0.4 is 5.32 Å². The minimum atomic E-state index is -0.792. The second-order valence-corrected chi connectivity index (χ2v) is 17.2. The number of nitrogens with one attached hydrogen (secondary N) is 1. The van der Waals surface area contributed by atoms with Crippen molar-refractivity contribution in [1.29, 1.82) is 0 Å². The second kappa shape index (κ2) is 46.9. The van der Waals surface area contributed by atoms with E-state index in [-0.39, 0.29) is 24.9 Å². The Morgan fingerprint density at radius 2 is 0.915 bits per heavy atom. The van der Waals surface area contributed by atoms with Gasteiger partial charge < -0.3 is 20.3 Å². The molecule has 6 heteroatoms. The summed E-state index contributed by atoms with van der Waals surface area (Å²) in [5.41, 5.74) is 0. The van der Waals surface area contributed by atoms with E-state index in [1.165, 1.54) is 128 Å². The van der Waals surface area contributed by atoms with Crippen LogP contribution in [0, 0.1) is 0 Å². The molecule has 344 valence electrons. The van der Waals surface area contributed by atoms with Gasteiger partial charge in [0.15, 0.2) is 0 Å². The van der Waals surface area contributed by atoms with Gasteiger partial charge in [0.25, 0.3) is 0 Å². The highest BCUT2D eigenvalue weighted by molar-refractivity contribution is 5.77. The Bertz CT molecular complexity index is 1020. The third-order valence-electron chi connectivity index (χ3n) is 11.4. The lowest BCUT2D eigenvalue weighted by Gasteiger charge is -2.24. The van der Waals surface area contributed by atoms with E-state index in [1.54, 1.807) is 0 Å². The van der Waals surface area contributed by atoms with Crippen molar-refractivity contribution in [2.75, 3.05) is 6.61 Å². The summed E-state index contributed by atoms with van der Waals surface area (Å²) in [7, 11) is 0. The first kappa shape index (κ1) is 56.8. The predicted octanol–water partition coefficient (Wildman–Crippen LogP) is 15.1. The number of rotatable bonds is 45. The summed E-state index contributed by atoms with van der Waals surface area (Å²) < 4.78 is 5.92. The topological polar surface area (TPSA) is 95.9 Å². The summed E-state index contributed by atoms with van der Waals surface area (Å²) in [4.78, 5) is 26.1. The molecule has 1 amide bonds. The number of unbranched alkanes of at least 4 members (excludes halogenated alkanes) is 26. The Morgan fingerprint density at radius 3 is 1.42 bits per heavy atom. The molecule has 0 aromatic carbocycles. The van der Waals surface area contributed by atoms with Crippen LogP contribution in [0.25, 0.3) is 0 Å². The van der Waals surface area contributed by atoms with Crippen molar-refractivity contribution < 1.29 is 24.5 Å². The van der Waals surface area contributed by atoms with Gasteiger partial charge in [0.2, 0.25) is 5.91 Å². The van der Waals surface area contributed by atoms with Crippen LogP contribution in [-0.2, 0) is 14.3 Å². The maximum Gasteiger partial charge on any atom is 0.306 e. The van der Waals surface area contributed by atoms with Gasteiger partial charge >= 0.3 is 5.97 Å². The smallest absolute Gasteiger partial charge is 0.306 e. The highest BCUT2D eigenvalue weighted by atomic mass is 16.5. The highest BCUT2D eigenvalue weighted by Crippen LogP contribution is 2.17. The van der Waals surface area contributed by atoms with E-state index in [9.17, 15) is 19.8 Å². The molecule has 0 fully saturated rings. The molecule has 0 aromatic rings. The Hall–Kier alpha value is -2.18. The van der Waals surface area contributed by atoms with Gasteiger partial charge in [0.05, 0.1) is 25.2 Å². The number of esters is 1. The number of hydrogen-bond acceptors (Lipinski definition) is 5. The van der Waals surface area contributed by atoms with Crippen molar-refractivity contribution in [2.24, 2.45) is 0 Å². The average molecular weight is 828 g/mol. The first-order valence-electron chi connectivity index (χ1n) is 25.4. The highest BCUT2D eigenvalue weighted by Gasteiger charge is 2.24. The molecule has 0 saturated heterocycles. The van der Waals surface area contributed by atoms with E-state index in [4.69, 9.17) is 4.74 Å². The second-order valence-electron chi connectivity index (χ2n) is 17.2. The van der Waals surface area contributed by atoms with Gasteiger partial charge in [-0.25, -0.2) is 0 Å². The molecule has 3 unspecified atom stereocenters. The first-order chi connectivity index (χ1) is 29.0. The Kier molecular flexibility index (Phi) is 45.1. The van der Waals surface area contributed by atoms with Gasteiger partial charge in [0.1, 0.15) is 6.10 Å². The molecule has 59 heavy (non-hydrogen) atoms. The van der Waals surface area contributed by atoms with Crippen molar-refractivity contribution in [2.45, 2.75) is 270 Å². The van der Waals surface area contributed by atoms with Crippen LogP contribution in [-0.4, -0.2) is 46.9 Å². The Balaban J connectivity index is 4.63. The standard InChI is InChI=1S/C53H97NO5/c1-4-7-10-13-16-19-22-24-26-28-30-32-35-38-41-44-49(59-53(58)46-43-40-37-34-31-29-27-25-23-20-17-14-11-8-5-2)47-52(57)54-50(48-55)51(56)45-42-39-36-33-21-18-15-12-9-6-3/h16-17,19-20,23-26,49-51,55-56H,4-15,18,21-22,27-48H2,1-3H3,(H,54,57)/b19-16-,20-17+,25-23+,26-24-. The van der Waals surface area contributed by atoms with Gasteiger partial charge in [-0.2, -0.15) is 0 Å². The average Bonchev–Trinajstić information content (AvgIpc) is 3.23. The molecule has 3 atom stereocenters. The van der Waals surface area contributed by atoms with Crippen LogP contribution >= 0.6 is 0 Å². The molecule has 0 saturated carbocycles. The van der Waals surface area contributed by atoms with Crippen molar-refractivity contribution in [3.8, 4) is 0 Å². The maximum absolute atomic E-state index is 13.2. The zero-order valence-electron chi connectivity index (χ0n) is 39.1. The van der Waals surface area contributed by atoms with E-state index >= 15 is 0 Å². The molecule has 0 rings (SSSR count). The normalized spacial score (nSPS) is 13.6. The number of carbonyl (C=O) groups excluding carboxylic acids is 2. The van der Waals surface area contributed by atoms with Crippen LogP contribution in [0.5, 0.6) is 0 Å². The Labute approximate surface area is 366 Å². The molecular weight excluding hydrogens is 731 g/mol. The van der Waals surface area contributed by atoms with Gasteiger partial charge in [-0.3, -0.25) is 9.59 Å². The summed E-state index contributed by atoms with van der Waals surface area (Å²) in [5, 5.41) is 23.7. The number of aliphatic hydroxyl groups is 2. The molecule has 0 aliphatic heterocycles. The molecule has 0 aromatic heterocycles. The zero-order chi connectivity index (χ0) is 43.1. The van der Waals surface area contributed by atoms with E-state index < -0.39 is 18.2 Å². The van der Waals surface area contributed by atoms with Crippen LogP contribution in [0.1, 0.15) is 252 Å². The van der Waals surface area contributed by atoms with E-state index in [0.29, 0.717) is 19.3 Å². The van der Waals surface area contributed by atoms with Crippen molar-refractivity contribution in [3.63, 3.8) is 0 Å². The van der Waals surface area contributed by atoms with Crippen LogP contribution in [0.2, 0.25) is 0 Å². The molecule has 0 aliphatic rings. The fourth-order valence-corrected chi connectivity index (χ4v) is 7.51. The first-order valence-corrected chi connectivity index (χ1v) is 25.4.